The molecule has 0 radical (unpaired) electrons. The van der Waals surface area contributed by atoms with Crippen LogP contribution in [0.3, 0.4) is 0 Å². The van der Waals surface area contributed by atoms with Gasteiger partial charge >= 0.3 is 6.03 Å². The predicted octanol–water partition coefficient (Wildman–Crippen LogP) is 2.82. The Morgan fingerprint density at radius 3 is 2.61 bits per heavy atom. The number of urea groups is 1. The number of fused-ring (bicyclic) bond motifs is 1. The molecule has 3 N–H and O–H groups in total. The van der Waals surface area contributed by atoms with Crippen molar-refractivity contribution in [1.82, 2.24) is 15.1 Å². The topological polar surface area (TPSA) is 128 Å². The molecule has 1 aliphatic rings. The molecule has 1 aromatic carbocycles. The number of nitrogens with one attached hydrogen (secondary N) is 2. The SMILES string of the molecule is CC(C)NC(=O)N(C)C[C@@H]1Oc2c(NS(=O)(=O)c3cccs3)cccc2C(=O)N([C@H](C)CO)C[C@@H]1C. The minimum absolute atomic E-state index is 0.0480. The third-order valence-corrected chi connectivity index (χ3v) is 8.67. The molecule has 3 atom stereocenters. The third kappa shape index (κ3) is 6.29. The van der Waals surface area contributed by atoms with E-state index in [0.29, 0.717) is 0 Å². The third-order valence-electron chi connectivity index (χ3n) is 5.91. The van der Waals surface area contributed by atoms with Crippen LogP contribution in [-0.4, -0.2) is 80.2 Å². The van der Waals surface area contributed by atoms with Crippen molar-refractivity contribution in [1.29, 1.82) is 0 Å². The van der Waals surface area contributed by atoms with Gasteiger partial charge in [0.05, 0.1) is 30.4 Å². The van der Waals surface area contributed by atoms with Crippen molar-refractivity contribution >= 4 is 39.0 Å². The van der Waals surface area contributed by atoms with Crippen LogP contribution in [0.25, 0.3) is 0 Å². The van der Waals surface area contributed by atoms with Crippen LogP contribution in [-0.2, 0) is 10.0 Å². The summed E-state index contributed by atoms with van der Waals surface area (Å²) in [6.45, 7) is 7.61. The van der Waals surface area contributed by atoms with Crippen LogP contribution >= 0.6 is 11.3 Å². The van der Waals surface area contributed by atoms with Crippen molar-refractivity contribution in [2.75, 3.05) is 31.5 Å². The summed E-state index contributed by atoms with van der Waals surface area (Å²) in [6, 6.07) is 7.02. The smallest absolute Gasteiger partial charge is 0.317 e. The summed E-state index contributed by atoms with van der Waals surface area (Å²) < 4.78 is 35.0. The van der Waals surface area contributed by atoms with Crippen LogP contribution in [0, 0.1) is 5.92 Å². The van der Waals surface area contributed by atoms with Crippen molar-refractivity contribution in [3.05, 3.63) is 41.3 Å². The van der Waals surface area contributed by atoms with Gasteiger partial charge in [-0.2, -0.15) is 0 Å². The van der Waals surface area contributed by atoms with Gasteiger partial charge in [0.15, 0.2) is 5.75 Å². The summed E-state index contributed by atoms with van der Waals surface area (Å²) in [6.07, 6.45) is -0.569. The summed E-state index contributed by atoms with van der Waals surface area (Å²) >= 11 is 1.07. The number of carbonyl (C=O) groups excluding carboxylic acids is 2. The van der Waals surface area contributed by atoms with Gasteiger partial charge in [-0.3, -0.25) is 9.52 Å². The normalized spacial score (nSPS) is 19.1. The molecule has 36 heavy (non-hydrogen) atoms. The molecular weight excluding hydrogens is 504 g/mol. The number of rotatable bonds is 8. The van der Waals surface area contributed by atoms with Gasteiger partial charge in [0.2, 0.25) is 0 Å². The van der Waals surface area contributed by atoms with E-state index in [1.807, 2.05) is 20.8 Å². The number of hydrogen-bond donors (Lipinski definition) is 3. The van der Waals surface area contributed by atoms with E-state index >= 15 is 0 Å². The fourth-order valence-electron chi connectivity index (χ4n) is 3.86. The molecular formula is C24H34N4O6S2. The summed E-state index contributed by atoms with van der Waals surface area (Å²) in [5, 5.41) is 14.3. The molecule has 10 nitrogen and oxygen atoms in total. The first-order chi connectivity index (χ1) is 16.9. The number of aliphatic hydroxyl groups is 1. The molecule has 0 unspecified atom stereocenters. The Bertz CT molecular complexity index is 1170. The van der Waals surface area contributed by atoms with Gasteiger partial charge in [-0.05, 0) is 44.4 Å². The second-order valence-corrected chi connectivity index (χ2v) is 12.2. The zero-order valence-electron chi connectivity index (χ0n) is 21.1. The Morgan fingerprint density at radius 1 is 1.28 bits per heavy atom. The number of benzene rings is 1. The van der Waals surface area contributed by atoms with E-state index in [0.717, 1.165) is 11.3 Å². The fraction of sp³-hybridized carbons (Fsp3) is 0.500. The predicted molar refractivity (Wildman–Crippen MR) is 139 cm³/mol. The zero-order valence-corrected chi connectivity index (χ0v) is 22.7. The Hall–Kier alpha value is -2.83. The summed E-state index contributed by atoms with van der Waals surface area (Å²) in [5.74, 6) is -0.528. The molecule has 0 aliphatic carbocycles. The van der Waals surface area contributed by atoms with Crippen LogP contribution in [0.2, 0.25) is 0 Å². The lowest BCUT2D eigenvalue weighted by Gasteiger charge is -2.38. The first kappa shape index (κ1) is 27.8. The highest BCUT2D eigenvalue weighted by molar-refractivity contribution is 7.94. The standard InChI is InChI=1S/C24H34N4O6S2/c1-15(2)25-24(31)27(5)13-20-16(3)12-28(17(4)14-29)23(30)18-8-6-9-19(22(18)34-20)26-36(32,33)21-10-7-11-35-21/h6-11,15-17,20,26,29H,12-14H2,1-5H3,(H,25,31)/t16-,17+,20-/m0/s1. The maximum atomic E-state index is 13.5. The highest BCUT2D eigenvalue weighted by atomic mass is 32.2. The second-order valence-electron chi connectivity index (χ2n) is 9.33. The number of anilines is 1. The quantitative estimate of drug-likeness (QED) is 0.474. The van der Waals surface area contributed by atoms with E-state index < -0.39 is 22.2 Å². The van der Waals surface area contributed by atoms with Crippen molar-refractivity contribution in [3.8, 4) is 5.75 Å². The molecule has 1 aromatic heterocycles. The largest absolute Gasteiger partial charge is 0.485 e. The average molecular weight is 539 g/mol. The number of thiophene rings is 1. The minimum atomic E-state index is -3.91. The first-order valence-electron chi connectivity index (χ1n) is 11.7. The Balaban J connectivity index is 2.04. The van der Waals surface area contributed by atoms with Crippen molar-refractivity contribution in [3.63, 3.8) is 0 Å². The molecule has 12 heteroatoms. The van der Waals surface area contributed by atoms with E-state index in [-0.39, 0.29) is 64.8 Å². The van der Waals surface area contributed by atoms with E-state index in [1.165, 1.54) is 17.0 Å². The van der Waals surface area contributed by atoms with E-state index in [2.05, 4.69) is 10.0 Å². The molecule has 0 bridgehead atoms. The molecule has 2 aromatic rings. The van der Waals surface area contributed by atoms with Crippen LogP contribution in [0.1, 0.15) is 38.1 Å². The number of hydrogen-bond acceptors (Lipinski definition) is 7. The molecule has 0 saturated heterocycles. The zero-order chi connectivity index (χ0) is 26.6. The number of nitrogens with zero attached hydrogens (tertiary/aromatic N) is 2. The second kappa shape index (κ2) is 11.5. The lowest BCUT2D eigenvalue weighted by molar-refractivity contribution is 0.0369. The number of ether oxygens (including phenoxy) is 1. The van der Waals surface area contributed by atoms with Crippen molar-refractivity contribution in [2.45, 2.75) is 50.1 Å². The van der Waals surface area contributed by atoms with Crippen molar-refractivity contribution in [2.24, 2.45) is 5.92 Å². The van der Waals surface area contributed by atoms with Gasteiger partial charge in [0, 0.05) is 25.6 Å². The minimum Gasteiger partial charge on any atom is -0.485 e. The fourth-order valence-corrected chi connectivity index (χ4v) is 5.92. The highest BCUT2D eigenvalue weighted by Gasteiger charge is 2.35. The van der Waals surface area contributed by atoms with Crippen LogP contribution in [0.15, 0.2) is 39.9 Å². The molecule has 0 saturated carbocycles. The number of carbonyl (C=O) groups is 2. The van der Waals surface area contributed by atoms with Gasteiger partial charge in [-0.25, -0.2) is 13.2 Å². The average Bonchev–Trinajstić information content (AvgIpc) is 3.36. The molecule has 1 aliphatic heterocycles. The summed E-state index contributed by atoms with van der Waals surface area (Å²) in [5.41, 5.74) is 0.298. The lowest BCUT2D eigenvalue weighted by Crippen LogP contribution is -2.51. The molecule has 0 fully saturated rings. The molecule has 3 amide bonds. The summed E-state index contributed by atoms with van der Waals surface area (Å²) in [7, 11) is -2.26. The van der Waals surface area contributed by atoms with Gasteiger partial charge in [-0.15, -0.1) is 11.3 Å². The summed E-state index contributed by atoms with van der Waals surface area (Å²) in [4.78, 5) is 29.1. The van der Waals surface area contributed by atoms with Gasteiger partial charge in [-0.1, -0.05) is 19.1 Å². The lowest BCUT2D eigenvalue weighted by atomic mass is 9.99. The van der Waals surface area contributed by atoms with Gasteiger partial charge in [0.25, 0.3) is 15.9 Å². The van der Waals surface area contributed by atoms with Crippen LogP contribution in [0.5, 0.6) is 5.75 Å². The van der Waals surface area contributed by atoms with Crippen LogP contribution < -0.4 is 14.8 Å². The Kier molecular flexibility index (Phi) is 8.85. The Labute approximate surface area is 216 Å². The van der Waals surface area contributed by atoms with E-state index in [9.17, 15) is 23.1 Å². The van der Waals surface area contributed by atoms with E-state index in [1.54, 1.807) is 42.5 Å². The number of para-hydroxylation sites is 1. The maximum Gasteiger partial charge on any atom is 0.317 e. The number of likely N-dealkylation sites (N-methyl/N-ethyl adjacent to an activating group) is 1. The molecule has 0 spiro atoms. The van der Waals surface area contributed by atoms with E-state index in [4.69, 9.17) is 4.74 Å². The molecule has 3 rings (SSSR count). The number of amides is 3. The maximum absolute atomic E-state index is 13.5. The van der Waals surface area contributed by atoms with Gasteiger partial charge < -0.3 is 25.0 Å². The highest BCUT2D eigenvalue weighted by Crippen LogP contribution is 2.36. The molecule has 198 valence electrons. The van der Waals surface area contributed by atoms with Crippen molar-refractivity contribution < 1.29 is 27.9 Å². The monoisotopic (exact) mass is 538 g/mol. The number of aliphatic hydroxyl groups excluding tert-OH is 1. The van der Waals surface area contributed by atoms with Crippen LogP contribution in [0.4, 0.5) is 10.5 Å². The van der Waals surface area contributed by atoms with Gasteiger partial charge in [0.1, 0.15) is 10.3 Å². The number of sulfonamides is 1. The molecule has 2 heterocycles. The first-order valence-corrected chi connectivity index (χ1v) is 14.1. The Morgan fingerprint density at radius 2 is 2.00 bits per heavy atom.